The molecule has 1 aromatic heterocycles. The Labute approximate surface area is 135 Å². The van der Waals surface area contributed by atoms with E-state index in [1.807, 2.05) is 29.1 Å². The van der Waals surface area contributed by atoms with Crippen LogP contribution in [0, 0.1) is 0 Å². The summed E-state index contributed by atoms with van der Waals surface area (Å²) in [7, 11) is 0. The van der Waals surface area contributed by atoms with Crippen molar-refractivity contribution in [3.05, 3.63) is 60.9 Å². The molecule has 0 fully saturated rings. The van der Waals surface area contributed by atoms with Gasteiger partial charge >= 0.3 is 0 Å². The second-order valence-electron chi connectivity index (χ2n) is 5.04. The number of benzene rings is 1. The van der Waals surface area contributed by atoms with E-state index < -0.39 is 0 Å². The van der Waals surface area contributed by atoms with E-state index in [2.05, 4.69) is 22.3 Å². The Morgan fingerprint density at radius 3 is 2.70 bits per heavy atom. The molecule has 0 unspecified atom stereocenters. The second-order valence-corrected chi connectivity index (χ2v) is 5.04. The fourth-order valence-electron chi connectivity index (χ4n) is 2.05. The molecule has 0 atom stereocenters. The van der Waals surface area contributed by atoms with Crippen molar-refractivity contribution in [2.24, 2.45) is 0 Å². The van der Waals surface area contributed by atoms with Crippen molar-refractivity contribution >= 4 is 17.5 Å². The fraction of sp³-hybridized carbons (Fsp3) is 0.235. The van der Waals surface area contributed by atoms with Crippen molar-refractivity contribution < 1.29 is 9.59 Å². The number of hydrogen-bond acceptors (Lipinski definition) is 3. The zero-order chi connectivity index (χ0) is 16.5. The number of aromatic nitrogens is 2. The van der Waals surface area contributed by atoms with Crippen LogP contribution in [-0.2, 0) is 22.6 Å². The number of rotatable bonds is 8. The summed E-state index contributed by atoms with van der Waals surface area (Å²) in [6.07, 6.45) is 6.00. The van der Waals surface area contributed by atoms with E-state index in [0.29, 0.717) is 18.7 Å². The van der Waals surface area contributed by atoms with Crippen LogP contribution in [-0.4, -0.2) is 28.1 Å². The van der Waals surface area contributed by atoms with Gasteiger partial charge in [0.2, 0.25) is 11.8 Å². The third kappa shape index (κ3) is 5.78. The molecule has 0 spiro atoms. The van der Waals surface area contributed by atoms with Gasteiger partial charge in [0.05, 0.1) is 6.42 Å². The van der Waals surface area contributed by atoms with E-state index in [4.69, 9.17) is 0 Å². The molecule has 0 bridgehead atoms. The maximum Gasteiger partial charge on any atom is 0.247 e. The van der Waals surface area contributed by atoms with Gasteiger partial charge in [-0.25, -0.2) is 0 Å². The Balaban J connectivity index is 1.70. The molecule has 6 nitrogen and oxygen atoms in total. The predicted molar refractivity (Wildman–Crippen MR) is 88.8 cm³/mol. The monoisotopic (exact) mass is 312 g/mol. The van der Waals surface area contributed by atoms with Crippen molar-refractivity contribution in [1.82, 2.24) is 15.1 Å². The second kappa shape index (κ2) is 8.53. The van der Waals surface area contributed by atoms with Gasteiger partial charge < -0.3 is 10.6 Å². The van der Waals surface area contributed by atoms with E-state index in [9.17, 15) is 9.59 Å². The molecule has 120 valence electrons. The van der Waals surface area contributed by atoms with Crippen LogP contribution < -0.4 is 10.6 Å². The molecule has 0 aliphatic rings. The van der Waals surface area contributed by atoms with Crippen LogP contribution in [0.15, 0.2) is 55.4 Å². The van der Waals surface area contributed by atoms with Gasteiger partial charge in [-0.15, -0.1) is 0 Å². The van der Waals surface area contributed by atoms with Crippen LogP contribution in [0.3, 0.4) is 0 Å². The first-order valence-electron chi connectivity index (χ1n) is 7.44. The Kier molecular flexibility index (Phi) is 6.11. The topological polar surface area (TPSA) is 76.0 Å². The molecular weight excluding hydrogens is 292 g/mol. The number of hydrogen-bond donors (Lipinski definition) is 2. The summed E-state index contributed by atoms with van der Waals surface area (Å²) in [5.74, 6) is -0.277. The quantitative estimate of drug-likeness (QED) is 0.576. The molecule has 2 rings (SSSR count). The maximum absolute atomic E-state index is 11.9. The molecule has 6 heteroatoms. The van der Waals surface area contributed by atoms with E-state index in [0.717, 1.165) is 18.5 Å². The minimum absolute atomic E-state index is 0.0201. The summed E-state index contributed by atoms with van der Waals surface area (Å²) in [4.78, 5) is 23.0. The molecule has 1 aromatic carbocycles. The minimum Gasteiger partial charge on any atom is -0.356 e. The van der Waals surface area contributed by atoms with Crippen molar-refractivity contribution in [2.45, 2.75) is 19.4 Å². The van der Waals surface area contributed by atoms with Gasteiger partial charge in [-0.3, -0.25) is 14.3 Å². The SMILES string of the molecule is C=CC(=O)Nc1ccc(CC(=O)NCCCn2cccn2)cc1. The predicted octanol–water partition coefficient (Wildman–Crippen LogP) is 1.76. The lowest BCUT2D eigenvalue weighted by molar-refractivity contribution is -0.120. The summed E-state index contributed by atoms with van der Waals surface area (Å²) < 4.78 is 1.84. The summed E-state index contributed by atoms with van der Waals surface area (Å²) in [5.41, 5.74) is 1.57. The molecule has 2 amide bonds. The lowest BCUT2D eigenvalue weighted by atomic mass is 10.1. The van der Waals surface area contributed by atoms with E-state index in [1.165, 1.54) is 6.08 Å². The average molecular weight is 312 g/mol. The van der Waals surface area contributed by atoms with Crippen LogP contribution in [0.5, 0.6) is 0 Å². The van der Waals surface area contributed by atoms with Gasteiger partial charge in [-0.05, 0) is 36.3 Å². The Morgan fingerprint density at radius 1 is 1.26 bits per heavy atom. The molecular formula is C17H20N4O2. The van der Waals surface area contributed by atoms with Crippen LogP contribution in [0.4, 0.5) is 5.69 Å². The minimum atomic E-state index is -0.257. The van der Waals surface area contributed by atoms with E-state index >= 15 is 0 Å². The zero-order valence-corrected chi connectivity index (χ0v) is 12.9. The van der Waals surface area contributed by atoms with Crippen molar-refractivity contribution in [3.8, 4) is 0 Å². The zero-order valence-electron chi connectivity index (χ0n) is 12.9. The van der Waals surface area contributed by atoms with Gasteiger partial charge in [0.15, 0.2) is 0 Å². The van der Waals surface area contributed by atoms with E-state index in [1.54, 1.807) is 18.3 Å². The van der Waals surface area contributed by atoms with Crippen LogP contribution in [0.2, 0.25) is 0 Å². The van der Waals surface area contributed by atoms with Gasteiger partial charge in [0, 0.05) is 31.2 Å². The molecule has 2 N–H and O–H groups in total. The first-order chi connectivity index (χ1) is 11.2. The highest BCUT2D eigenvalue weighted by Gasteiger charge is 2.04. The molecule has 1 heterocycles. The van der Waals surface area contributed by atoms with Crippen LogP contribution >= 0.6 is 0 Å². The average Bonchev–Trinajstić information content (AvgIpc) is 3.07. The van der Waals surface area contributed by atoms with Crippen molar-refractivity contribution in [2.75, 3.05) is 11.9 Å². The molecule has 23 heavy (non-hydrogen) atoms. The molecule has 0 saturated carbocycles. The van der Waals surface area contributed by atoms with Gasteiger partial charge in [0.25, 0.3) is 0 Å². The highest BCUT2D eigenvalue weighted by Crippen LogP contribution is 2.10. The molecule has 0 aliphatic carbocycles. The molecule has 0 aliphatic heterocycles. The van der Waals surface area contributed by atoms with Crippen molar-refractivity contribution in [1.29, 1.82) is 0 Å². The lowest BCUT2D eigenvalue weighted by Gasteiger charge is -2.07. The number of aryl methyl sites for hydroxylation is 1. The summed E-state index contributed by atoms with van der Waals surface area (Å²) in [6, 6.07) is 9.05. The number of carbonyl (C=O) groups is 2. The normalized spacial score (nSPS) is 10.1. The Hall–Kier alpha value is -2.89. The number of nitrogens with one attached hydrogen (secondary N) is 2. The standard InChI is InChI=1S/C17H20N4O2/c1-2-16(22)20-15-7-5-14(6-8-15)13-17(23)18-9-3-11-21-12-4-10-19-21/h2,4-8,10,12H,1,3,9,11,13H2,(H,18,23)(H,20,22). The highest BCUT2D eigenvalue weighted by atomic mass is 16.2. The van der Waals surface area contributed by atoms with Gasteiger partial charge in [-0.2, -0.15) is 5.10 Å². The maximum atomic E-state index is 11.9. The van der Waals surface area contributed by atoms with Crippen LogP contribution in [0.1, 0.15) is 12.0 Å². The third-order valence-corrected chi connectivity index (χ3v) is 3.22. The van der Waals surface area contributed by atoms with Crippen molar-refractivity contribution in [3.63, 3.8) is 0 Å². The first-order valence-corrected chi connectivity index (χ1v) is 7.44. The first kappa shape index (κ1) is 16.5. The molecule has 0 saturated heterocycles. The summed E-state index contributed by atoms with van der Waals surface area (Å²) in [5, 5.41) is 9.65. The highest BCUT2D eigenvalue weighted by molar-refractivity contribution is 5.98. The lowest BCUT2D eigenvalue weighted by Crippen LogP contribution is -2.26. The largest absolute Gasteiger partial charge is 0.356 e. The molecule has 2 aromatic rings. The Morgan fingerprint density at radius 2 is 2.04 bits per heavy atom. The fourth-order valence-corrected chi connectivity index (χ4v) is 2.05. The smallest absolute Gasteiger partial charge is 0.247 e. The van der Waals surface area contributed by atoms with Gasteiger partial charge in [0.1, 0.15) is 0 Å². The van der Waals surface area contributed by atoms with Crippen LogP contribution in [0.25, 0.3) is 0 Å². The summed E-state index contributed by atoms with van der Waals surface area (Å²) >= 11 is 0. The molecule has 0 radical (unpaired) electrons. The number of nitrogens with zero attached hydrogens (tertiary/aromatic N) is 2. The Bertz CT molecular complexity index is 648. The van der Waals surface area contributed by atoms with Gasteiger partial charge in [-0.1, -0.05) is 18.7 Å². The number of anilines is 1. The third-order valence-electron chi connectivity index (χ3n) is 3.22. The summed E-state index contributed by atoms with van der Waals surface area (Å²) in [6.45, 7) is 4.80. The number of carbonyl (C=O) groups excluding carboxylic acids is 2. The van der Waals surface area contributed by atoms with E-state index in [-0.39, 0.29) is 11.8 Å². The number of amides is 2.